The summed E-state index contributed by atoms with van der Waals surface area (Å²) in [5.41, 5.74) is 0. The molecule has 2 aliphatic rings. The van der Waals surface area contributed by atoms with Crippen LogP contribution < -0.4 is 5.32 Å². The van der Waals surface area contributed by atoms with Gasteiger partial charge in [-0.05, 0) is 0 Å². The normalized spacial score (nSPS) is 39.8. The Bertz CT molecular complexity index is 872. The minimum absolute atomic E-state index is 0.537. The fraction of sp³-hybridized carbons (Fsp3) is 0.889. The van der Waals surface area contributed by atoms with Crippen LogP contribution in [-0.2, 0) is 32.9 Å². The highest BCUT2D eigenvalue weighted by Crippen LogP contribution is 2.43. The summed E-state index contributed by atoms with van der Waals surface area (Å²) in [5.74, 6) is -6.25. The van der Waals surface area contributed by atoms with Crippen LogP contribution in [0.25, 0.3) is 0 Å². The zero-order valence-electron chi connectivity index (χ0n) is 19.7. The van der Waals surface area contributed by atoms with Crippen LogP contribution in [0.15, 0.2) is 0 Å². The maximum atomic E-state index is 12.3. The van der Waals surface area contributed by atoms with E-state index in [2.05, 4.69) is 9.84 Å². The van der Waals surface area contributed by atoms with E-state index < -0.39 is 112 Å². The first-order valence-corrected chi connectivity index (χ1v) is 12.5. The van der Waals surface area contributed by atoms with E-state index in [1.54, 1.807) is 0 Å². The number of phosphoric acid groups is 1. The minimum atomic E-state index is -5.43. The molecule has 1 aliphatic carbocycles. The Hall–Kier alpha value is -1.39. The van der Waals surface area contributed by atoms with Gasteiger partial charge in [0.1, 0.15) is 61.5 Å². The molecule has 2 fully saturated rings. The van der Waals surface area contributed by atoms with E-state index in [1.807, 2.05) is 0 Å². The smallest absolute Gasteiger partial charge is 0.470 e. The number of hydrogen-bond donors (Lipinski definition) is 12. The third kappa shape index (κ3) is 7.22. The average molecular weight is 581 g/mol. The topological polar surface area (TPSA) is 323 Å². The van der Waals surface area contributed by atoms with Gasteiger partial charge in [0, 0.05) is 13.5 Å². The highest BCUT2D eigenvalue weighted by Gasteiger charge is 2.60. The molecule has 0 unspecified atom stereocenters. The first kappa shape index (κ1) is 32.8. The van der Waals surface area contributed by atoms with Crippen LogP contribution in [0.2, 0.25) is 0 Å². The van der Waals surface area contributed by atoms with Gasteiger partial charge in [-0.2, -0.15) is 0 Å². The van der Waals surface area contributed by atoms with Crippen LogP contribution in [0.4, 0.5) is 0 Å². The lowest BCUT2D eigenvalue weighted by atomic mass is 9.84. The molecule has 1 aliphatic heterocycles. The van der Waals surface area contributed by atoms with Crippen LogP contribution in [0.1, 0.15) is 6.42 Å². The van der Waals surface area contributed by atoms with Gasteiger partial charge in [0.15, 0.2) is 0 Å². The molecule has 1 heterocycles. The van der Waals surface area contributed by atoms with E-state index in [0.717, 1.165) is 7.11 Å². The molecule has 1 saturated carbocycles. The maximum absolute atomic E-state index is 12.3. The number of carboxylic acids is 1. The van der Waals surface area contributed by atoms with Gasteiger partial charge >= 0.3 is 13.8 Å². The summed E-state index contributed by atoms with van der Waals surface area (Å²) in [6.07, 6.45) is -22.9. The summed E-state index contributed by atoms with van der Waals surface area (Å²) in [6.45, 7) is -1.63. The summed E-state index contributed by atoms with van der Waals surface area (Å²) in [4.78, 5) is 42.2. The molecule has 19 nitrogen and oxygen atoms in total. The molecule has 20 heteroatoms. The van der Waals surface area contributed by atoms with Crippen molar-refractivity contribution in [1.82, 2.24) is 5.32 Å². The molecule has 1 amide bonds. The number of carbonyl (C=O) groups is 2. The number of aliphatic hydroxyl groups is 8. The van der Waals surface area contributed by atoms with Gasteiger partial charge in [-0.1, -0.05) is 0 Å². The molecule has 38 heavy (non-hydrogen) atoms. The Morgan fingerprint density at radius 3 is 2.13 bits per heavy atom. The monoisotopic (exact) mass is 581 g/mol. The van der Waals surface area contributed by atoms with Crippen LogP contribution >= 0.6 is 7.82 Å². The summed E-state index contributed by atoms with van der Waals surface area (Å²) < 4.78 is 30.9. The number of carboxylic acid groups (broad SMARTS) is 1. The van der Waals surface area contributed by atoms with Gasteiger partial charge < -0.3 is 75.3 Å². The van der Waals surface area contributed by atoms with E-state index in [1.165, 1.54) is 0 Å². The lowest BCUT2D eigenvalue weighted by Gasteiger charge is -2.50. The van der Waals surface area contributed by atoms with E-state index >= 15 is 0 Å². The molecule has 0 radical (unpaired) electrons. The second-order valence-corrected chi connectivity index (χ2v) is 9.97. The predicted molar refractivity (Wildman–Crippen MR) is 115 cm³/mol. The fourth-order valence-electron chi connectivity index (χ4n) is 4.23. The predicted octanol–water partition coefficient (Wildman–Crippen LogP) is -6.92. The Morgan fingerprint density at radius 2 is 1.63 bits per heavy atom. The van der Waals surface area contributed by atoms with E-state index in [4.69, 9.17) is 29.1 Å². The number of rotatable bonds is 11. The quantitative estimate of drug-likeness (QED) is 0.101. The van der Waals surface area contributed by atoms with Crippen molar-refractivity contribution in [2.24, 2.45) is 0 Å². The van der Waals surface area contributed by atoms with Crippen molar-refractivity contribution in [3.63, 3.8) is 0 Å². The molecule has 0 bridgehead atoms. The zero-order chi connectivity index (χ0) is 29.2. The van der Waals surface area contributed by atoms with Crippen LogP contribution in [0.5, 0.6) is 0 Å². The number of hydrogen-bond acceptors (Lipinski definition) is 15. The lowest BCUT2D eigenvalue weighted by Crippen LogP contribution is -2.71. The molecule has 1 saturated heterocycles. The number of phosphoric ester groups is 1. The SMILES string of the molecule is COC[C@@H](O)[C@@H](O)[C@@H]1O[C@@](O[C@H]2[C@@H](O)[C@@H](OP(=O)(O)O)[C@H](O)[C@@H](O)[C@@H]2O)(C(=O)O)C[C@H](O)[C@H]1NC(=O)CO. The van der Waals surface area contributed by atoms with Gasteiger partial charge in [-0.3, -0.25) is 9.32 Å². The third-order valence-electron chi connectivity index (χ3n) is 6.07. The van der Waals surface area contributed by atoms with Gasteiger partial charge in [0.25, 0.3) is 5.79 Å². The highest BCUT2D eigenvalue weighted by molar-refractivity contribution is 7.46. The highest BCUT2D eigenvalue weighted by atomic mass is 31.2. The first-order valence-electron chi connectivity index (χ1n) is 11.0. The molecule has 2 rings (SSSR count). The Labute approximate surface area is 214 Å². The number of nitrogens with one attached hydrogen (secondary N) is 1. The molecule has 222 valence electrons. The number of methoxy groups -OCH3 is 1. The maximum Gasteiger partial charge on any atom is 0.470 e. The van der Waals surface area contributed by atoms with Crippen molar-refractivity contribution in [2.75, 3.05) is 20.3 Å². The van der Waals surface area contributed by atoms with E-state index in [-0.39, 0.29) is 0 Å². The number of aliphatic carboxylic acids is 1. The second-order valence-electron chi connectivity index (χ2n) is 8.78. The standard InChI is InChI=1S/C18H32NO18P/c1-34-4-6(22)9(24)14-8(19-7(23)3-20)5(21)2-18(35-14,17(29)30)36-15-11(26)10(25)12(27)16(13(15)28)37-38(31,32)33/h5-6,8-16,20-22,24-28H,2-4H2,1H3,(H,19,23)(H,29,30)(H2,31,32,33)/t5-,6+,8+,9+,10-,11-,12+,13+,14+,15+,16-,18-/m0/s1. The molecule has 0 spiro atoms. The summed E-state index contributed by atoms with van der Waals surface area (Å²) in [7, 11) is -4.28. The first-order chi connectivity index (χ1) is 17.5. The van der Waals surface area contributed by atoms with Gasteiger partial charge in [-0.15, -0.1) is 0 Å². The summed E-state index contributed by atoms with van der Waals surface area (Å²) >= 11 is 0. The largest absolute Gasteiger partial charge is 0.477 e. The Balaban J connectivity index is 2.48. The number of aliphatic hydroxyl groups excluding tert-OH is 8. The number of ether oxygens (including phenoxy) is 3. The molecule has 12 atom stereocenters. The molecule has 0 aromatic carbocycles. The Kier molecular flexibility index (Phi) is 11.1. The van der Waals surface area contributed by atoms with Gasteiger partial charge in [-0.25, -0.2) is 9.36 Å². The zero-order valence-corrected chi connectivity index (χ0v) is 20.6. The summed E-state index contributed by atoms with van der Waals surface area (Å²) in [6, 6.07) is -1.66. The van der Waals surface area contributed by atoms with Crippen molar-refractivity contribution in [2.45, 2.75) is 79.3 Å². The third-order valence-corrected chi connectivity index (χ3v) is 6.59. The molecule has 0 aromatic heterocycles. The molecular formula is C18H32NO18P. The van der Waals surface area contributed by atoms with E-state index in [9.17, 15) is 55.0 Å². The van der Waals surface area contributed by atoms with Crippen LogP contribution in [-0.4, -0.2) is 161 Å². The van der Waals surface area contributed by atoms with Crippen LogP contribution in [0.3, 0.4) is 0 Å². The second kappa shape index (κ2) is 12.9. The number of amides is 1. The van der Waals surface area contributed by atoms with Crippen LogP contribution in [0, 0.1) is 0 Å². The molecular weight excluding hydrogens is 549 g/mol. The van der Waals surface area contributed by atoms with Crippen molar-refractivity contribution >= 4 is 19.7 Å². The number of carbonyl (C=O) groups excluding carboxylic acids is 1. The van der Waals surface area contributed by atoms with Crippen molar-refractivity contribution in [1.29, 1.82) is 0 Å². The molecule has 12 N–H and O–H groups in total. The fourth-order valence-corrected chi connectivity index (χ4v) is 4.80. The van der Waals surface area contributed by atoms with Gasteiger partial charge in [0.2, 0.25) is 5.91 Å². The van der Waals surface area contributed by atoms with Crippen molar-refractivity contribution < 1.29 is 88.6 Å². The Morgan fingerprint density at radius 1 is 1.05 bits per heavy atom. The van der Waals surface area contributed by atoms with E-state index in [0.29, 0.717) is 0 Å². The van der Waals surface area contributed by atoms with Crippen molar-refractivity contribution in [3.05, 3.63) is 0 Å². The van der Waals surface area contributed by atoms with Crippen molar-refractivity contribution in [3.8, 4) is 0 Å². The summed E-state index contributed by atoms with van der Waals surface area (Å²) in [5, 5.41) is 93.6. The molecule has 0 aromatic rings. The average Bonchev–Trinajstić information content (AvgIpc) is 2.83. The van der Waals surface area contributed by atoms with Gasteiger partial charge in [0.05, 0.1) is 18.8 Å². The lowest BCUT2D eigenvalue weighted by molar-refractivity contribution is -0.350. The minimum Gasteiger partial charge on any atom is -0.477 e.